The minimum atomic E-state index is -0.104. The summed E-state index contributed by atoms with van der Waals surface area (Å²) in [5, 5.41) is 31.9. The molecular formula is C17H21BrN6O2. The molecule has 0 spiro atoms. The molecule has 0 saturated heterocycles. The van der Waals surface area contributed by atoms with Crippen molar-refractivity contribution < 1.29 is 9.84 Å². The minimum Gasteiger partial charge on any atom is -0.619 e. The van der Waals surface area contributed by atoms with E-state index in [9.17, 15) is 10.3 Å². The number of rotatable bonds is 7. The molecule has 3 N–H and O–H groups in total. The summed E-state index contributed by atoms with van der Waals surface area (Å²) in [6.45, 7) is 4.55. The van der Waals surface area contributed by atoms with Crippen molar-refractivity contribution in [3.05, 3.63) is 52.0 Å². The van der Waals surface area contributed by atoms with Gasteiger partial charge in [0, 0.05) is 24.2 Å². The third-order valence-corrected chi connectivity index (χ3v) is 4.63. The Hall–Kier alpha value is -2.39. The van der Waals surface area contributed by atoms with Crippen LogP contribution in [0.3, 0.4) is 0 Å². The van der Waals surface area contributed by atoms with Gasteiger partial charge in [-0.1, -0.05) is 13.8 Å². The van der Waals surface area contributed by atoms with Gasteiger partial charge in [-0.25, -0.2) is 4.98 Å². The zero-order valence-corrected chi connectivity index (χ0v) is 16.1. The molecule has 0 aliphatic rings. The maximum Gasteiger partial charge on any atom is 0.185 e. The van der Waals surface area contributed by atoms with Gasteiger partial charge < -0.3 is 20.9 Å². The van der Waals surface area contributed by atoms with E-state index in [-0.39, 0.29) is 18.6 Å². The van der Waals surface area contributed by atoms with Crippen LogP contribution in [-0.4, -0.2) is 32.4 Å². The van der Waals surface area contributed by atoms with E-state index in [1.807, 2.05) is 26.0 Å². The predicted octanol–water partition coefficient (Wildman–Crippen LogP) is 2.17. The number of hydrogen-bond donors (Lipinski definition) is 3. The number of halogens is 1. The third kappa shape index (κ3) is 4.05. The van der Waals surface area contributed by atoms with Gasteiger partial charge >= 0.3 is 0 Å². The van der Waals surface area contributed by atoms with Crippen LogP contribution in [0.5, 0.6) is 0 Å². The summed E-state index contributed by atoms with van der Waals surface area (Å²) in [6, 6.07) is 5.32. The number of fused-ring (bicyclic) bond motifs is 1. The van der Waals surface area contributed by atoms with Crippen molar-refractivity contribution in [3.8, 4) is 0 Å². The van der Waals surface area contributed by atoms with Gasteiger partial charge in [-0.05, 0) is 27.9 Å². The largest absolute Gasteiger partial charge is 0.619 e. The lowest BCUT2D eigenvalue weighted by Gasteiger charge is -2.21. The molecule has 8 nitrogen and oxygen atoms in total. The quantitative estimate of drug-likeness (QED) is 0.399. The summed E-state index contributed by atoms with van der Waals surface area (Å²) < 4.78 is 3.23. The molecule has 0 fully saturated rings. The Bertz CT molecular complexity index is 898. The molecule has 3 heterocycles. The summed E-state index contributed by atoms with van der Waals surface area (Å²) in [5.41, 5.74) is 1.51. The first-order chi connectivity index (χ1) is 12.5. The average molecular weight is 421 g/mol. The Balaban J connectivity index is 1.90. The fraction of sp³-hybridized carbons (Fsp3) is 0.353. The number of aliphatic hydroxyl groups excluding tert-OH is 1. The number of pyridine rings is 1. The number of aliphatic hydroxyl groups is 1. The second-order valence-corrected chi connectivity index (χ2v) is 7.21. The number of nitrogens with zero attached hydrogens (tertiary/aromatic N) is 4. The molecule has 26 heavy (non-hydrogen) atoms. The molecule has 0 saturated carbocycles. The molecule has 9 heteroatoms. The SMILES string of the molecule is CC(C)C(CO)Nc1cc(NCc2ccc[n+]([O-])c2)n2ncc(Br)c2n1. The number of anilines is 2. The van der Waals surface area contributed by atoms with Crippen LogP contribution in [0.2, 0.25) is 0 Å². The molecule has 0 amide bonds. The zero-order chi connectivity index (χ0) is 18.7. The summed E-state index contributed by atoms with van der Waals surface area (Å²) in [4.78, 5) is 4.57. The van der Waals surface area contributed by atoms with Crippen molar-refractivity contribution in [2.45, 2.75) is 26.4 Å². The van der Waals surface area contributed by atoms with Crippen molar-refractivity contribution in [2.75, 3.05) is 17.2 Å². The Morgan fingerprint density at radius 1 is 1.42 bits per heavy atom. The lowest BCUT2D eigenvalue weighted by Crippen LogP contribution is -2.30. The lowest BCUT2D eigenvalue weighted by atomic mass is 10.1. The first kappa shape index (κ1) is 18.4. The molecular weight excluding hydrogens is 400 g/mol. The molecule has 0 aliphatic heterocycles. The van der Waals surface area contributed by atoms with Crippen LogP contribution < -0.4 is 15.4 Å². The van der Waals surface area contributed by atoms with Gasteiger partial charge in [0.05, 0.1) is 23.3 Å². The fourth-order valence-corrected chi connectivity index (χ4v) is 2.90. The maximum atomic E-state index is 11.4. The normalized spacial score (nSPS) is 12.5. The van der Waals surface area contributed by atoms with E-state index >= 15 is 0 Å². The van der Waals surface area contributed by atoms with E-state index in [2.05, 4.69) is 36.6 Å². The molecule has 0 aromatic carbocycles. The lowest BCUT2D eigenvalue weighted by molar-refractivity contribution is -0.605. The molecule has 0 radical (unpaired) electrons. The van der Waals surface area contributed by atoms with Crippen LogP contribution in [0.25, 0.3) is 5.65 Å². The standard InChI is InChI=1S/C17H21BrN6O2/c1-11(2)14(10-25)21-15-6-16(24-17(22-15)13(18)8-20-24)19-7-12-4-3-5-23(26)9-12/h3-6,8-9,11,14,19,25H,7,10H2,1-2H3,(H,21,22). The highest BCUT2D eigenvalue weighted by molar-refractivity contribution is 9.10. The van der Waals surface area contributed by atoms with Gasteiger partial charge in [-0.3, -0.25) is 0 Å². The van der Waals surface area contributed by atoms with Crippen LogP contribution in [-0.2, 0) is 6.54 Å². The molecule has 3 aromatic rings. The van der Waals surface area contributed by atoms with E-state index in [1.54, 1.807) is 16.8 Å². The molecule has 0 aliphatic carbocycles. The zero-order valence-electron chi connectivity index (χ0n) is 14.6. The minimum absolute atomic E-state index is 0.0151. The molecule has 3 rings (SSSR count). The first-order valence-corrected chi connectivity index (χ1v) is 9.10. The van der Waals surface area contributed by atoms with E-state index in [1.165, 1.54) is 12.4 Å². The fourth-order valence-electron chi connectivity index (χ4n) is 2.55. The van der Waals surface area contributed by atoms with Gasteiger partial charge in [0.15, 0.2) is 18.0 Å². The second-order valence-electron chi connectivity index (χ2n) is 6.36. The smallest absolute Gasteiger partial charge is 0.185 e. The first-order valence-electron chi connectivity index (χ1n) is 8.31. The number of nitrogens with one attached hydrogen (secondary N) is 2. The topological polar surface area (TPSA) is 101 Å². The molecule has 1 unspecified atom stereocenters. The highest BCUT2D eigenvalue weighted by Gasteiger charge is 2.15. The number of hydrogen-bond acceptors (Lipinski definition) is 6. The molecule has 3 aromatic heterocycles. The van der Waals surface area contributed by atoms with Gasteiger partial charge in [-0.2, -0.15) is 14.3 Å². The van der Waals surface area contributed by atoms with Crippen LogP contribution in [0, 0.1) is 11.1 Å². The van der Waals surface area contributed by atoms with Crippen molar-refractivity contribution in [1.29, 1.82) is 0 Å². The van der Waals surface area contributed by atoms with E-state index < -0.39 is 0 Å². The Kier molecular flexibility index (Phi) is 5.58. The molecule has 138 valence electrons. The average Bonchev–Trinajstić information content (AvgIpc) is 2.98. The van der Waals surface area contributed by atoms with Crippen LogP contribution >= 0.6 is 15.9 Å². The van der Waals surface area contributed by atoms with E-state index in [0.29, 0.717) is 18.0 Å². The van der Waals surface area contributed by atoms with Crippen molar-refractivity contribution in [1.82, 2.24) is 14.6 Å². The molecule has 1 atom stereocenters. The van der Waals surface area contributed by atoms with Gasteiger partial charge in [0.2, 0.25) is 0 Å². The summed E-state index contributed by atoms with van der Waals surface area (Å²) in [5.74, 6) is 1.62. The summed E-state index contributed by atoms with van der Waals surface area (Å²) in [7, 11) is 0. The van der Waals surface area contributed by atoms with Crippen LogP contribution in [0.15, 0.2) is 41.3 Å². The monoisotopic (exact) mass is 420 g/mol. The Morgan fingerprint density at radius 3 is 2.92 bits per heavy atom. The van der Waals surface area contributed by atoms with Crippen LogP contribution in [0.1, 0.15) is 19.4 Å². The summed E-state index contributed by atoms with van der Waals surface area (Å²) in [6.07, 6.45) is 4.64. The van der Waals surface area contributed by atoms with Gasteiger partial charge in [0.1, 0.15) is 11.6 Å². The Morgan fingerprint density at radius 2 is 2.23 bits per heavy atom. The van der Waals surface area contributed by atoms with Gasteiger partial charge in [-0.15, -0.1) is 0 Å². The van der Waals surface area contributed by atoms with Crippen molar-refractivity contribution >= 4 is 33.2 Å². The van der Waals surface area contributed by atoms with Gasteiger partial charge in [0.25, 0.3) is 0 Å². The summed E-state index contributed by atoms with van der Waals surface area (Å²) >= 11 is 3.46. The Labute approximate surface area is 159 Å². The van der Waals surface area contributed by atoms with E-state index in [0.717, 1.165) is 20.6 Å². The highest BCUT2D eigenvalue weighted by Crippen LogP contribution is 2.23. The van der Waals surface area contributed by atoms with Crippen molar-refractivity contribution in [2.24, 2.45) is 5.92 Å². The maximum absolute atomic E-state index is 11.4. The van der Waals surface area contributed by atoms with Crippen molar-refractivity contribution in [3.63, 3.8) is 0 Å². The van der Waals surface area contributed by atoms with Crippen LogP contribution in [0.4, 0.5) is 11.6 Å². The highest BCUT2D eigenvalue weighted by atomic mass is 79.9. The number of aromatic nitrogens is 4. The van der Waals surface area contributed by atoms with E-state index in [4.69, 9.17) is 0 Å². The second kappa shape index (κ2) is 7.88. The predicted molar refractivity (Wildman–Crippen MR) is 103 cm³/mol. The third-order valence-electron chi connectivity index (χ3n) is 4.07. The molecule has 0 bridgehead atoms.